The minimum absolute atomic E-state index is 0.197. The summed E-state index contributed by atoms with van der Waals surface area (Å²) in [4.78, 5) is 17.5. The first-order valence-corrected chi connectivity index (χ1v) is 5.38. The number of rotatable bonds is 5. The average molecular weight is 206 g/mol. The first-order valence-electron chi connectivity index (χ1n) is 5.38. The fourth-order valence-corrected chi connectivity index (χ4v) is 1.34. The molecule has 82 valence electrons. The van der Waals surface area contributed by atoms with E-state index in [1.54, 1.807) is 11.1 Å². The third kappa shape index (κ3) is 4.11. The summed E-state index contributed by atoms with van der Waals surface area (Å²) < 4.78 is 0. The van der Waals surface area contributed by atoms with Gasteiger partial charge < -0.3 is 4.90 Å². The summed E-state index contributed by atoms with van der Waals surface area (Å²) in [5.74, 6) is 0.197. The zero-order valence-corrected chi connectivity index (χ0v) is 9.44. The summed E-state index contributed by atoms with van der Waals surface area (Å²) in [7, 11) is 1.83. The van der Waals surface area contributed by atoms with Crippen LogP contribution in [0.3, 0.4) is 0 Å². The van der Waals surface area contributed by atoms with E-state index in [0.717, 1.165) is 18.5 Å². The molecule has 0 aromatic carbocycles. The van der Waals surface area contributed by atoms with E-state index >= 15 is 0 Å². The topological polar surface area (TPSA) is 33.2 Å². The van der Waals surface area contributed by atoms with Gasteiger partial charge in [0.1, 0.15) is 0 Å². The molecule has 1 amide bonds. The van der Waals surface area contributed by atoms with Gasteiger partial charge in [-0.15, -0.1) is 0 Å². The van der Waals surface area contributed by atoms with Gasteiger partial charge >= 0.3 is 0 Å². The molecule has 0 saturated carbocycles. The molecule has 0 saturated heterocycles. The van der Waals surface area contributed by atoms with Crippen molar-refractivity contribution in [2.24, 2.45) is 0 Å². The van der Waals surface area contributed by atoms with Crippen LogP contribution in [0.4, 0.5) is 0 Å². The van der Waals surface area contributed by atoms with Crippen molar-refractivity contribution in [3.8, 4) is 0 Å². The van der Waals surface area contributed by atoms with Crippen molar-refractivity contribution < 1.29 is 4.79 Å². The molecule has 15 heavy (non-hydrogen) atoms. The molecule has 0 bridgehead atoms. The van der Waals surface area contributed by atoms with E-state index in [1.807, 2.05) is 25.2 Å². The van der Waals surface area contributed by atoms with Crippen LogP contribution in [0.25, 0.3) is 0 Å². The van der Waals surface area contributed by atoms with E-state index < -0.39 is 0 Å². The normalized spacial score (nSPS) is 10.0. The van der Waals surface area contributed by atoms with Gasteiger partial charge in [0, 0.05) is 19.7 Å². The van der Waals surface area contributed by atoms with Crippen LogP contribution in [0.5, 0.6) is 0 Å². The van der Waals surface area contributed by atoms with Gasteiger partial charge in [0.25, 0.3) is 0 Å². The van der Waals surface area contributed by atoms with Crippen molar-refractivity contribution in [1.29, 1.82) is 0 Å². The van der Waals surface area contributed by atoms with Crippen LogP contribution in [0.2, 0.25) is 0 Å². The second kappa shape index (κ2) is 6.17. The monoisotopic (exact) mass is 206 g/mol. The second-order valence-corrected chi connectivity index (χ2v) is 3.67. The molecule has 1 heterocycles. The Morgan fingerprint density at radius 3 is 2.87 bits per heavy atom. The molecule has 0 aliphatic rings. The molecule has 0 aliphatic carbocycles. The first kappa shape index (κ1) is 11.7. The largest absolute Gasteiger partial charge is 0.340 e. The highest BCUT2D eigenvalue weighted by Gasteiger charge is 2.08. The van der Waals surface area contributed by atoms with Crippen molar-refractivity contribution in [1.82, 2.24) is 9.88 Å². The van der Waals surface area contributed by atoms with Gasteiger partial charge in [-0.25, -0.2) is 0 Å². The minimum atomic E-state index is 0.197. The molecule has 0 atom stereocenters. The van der Waals surface area contributed by atoms with E-state index in [0.29, 0.717) is 13.0 Å². The zero-order chi connectivity index (χ0) is 11.1. The first-order chi connectivity index (χ1) is 7.24. The quantitative estimate of drug-likeness (QED) is 0.740. The van der Waals surface area contributed by atoms with E-state index in [-0.39, 0.29) is 5.91 Å². The van der Waals surface area contributed by atoms with Gasteiger partial charge in [-0.2, -0.15) is 0 Å². The molecule has 0 unspecified atom stereocenters. The number of hydrogen-bond donors (Lipinski definition) is 0. The van der Waals surface area contributed by atoms with Gasteiger partial charge in [0.05, 0.1) is 12.2 Å². The zero-order valence-electron chi connectivity index (χ0n) is 9.44. The van der Waals surface area contributed by atoms with Crippen LogP contribution in [-0.2, 0) is 11.3 Å². The lowest BCUT2D eigenvalue weighted by molar-refractivity contribution is -0.130. The van der Waals surface area contributed by atoms with Crippen LogP contribution in [0.1, 0.15) is 31.9 Å². The summed E-state index contributed by atoms with van der Waals surface area (Å²) in [6.07, 6.45) is 4.41. The predicted molar refractivity (Wildman–Crippen MR) is 60.2 cm³/mol. The Hall–Kier alpha value is -1.38. The molecular formula is C12H18N2O. The highest BCUT2D eigenvalue weighted by atomic mass is 16.2. The Bertz CT molecular complexity index is 298. The molecule has 0 spiro atoms. The van der Waals surface area contributed by atoms with Gasteiger partial charge in [0.2, 0.25) is 5.91 Å². The fourth-order valence-electron chi connectivity index (χ4n) is 1.34. The SMILES string of the molecule is CCCCC(=O)N(C)Cc1ccccn1. The summed E-state index contributed by atoms with van der Waals surface area (Å²) in [5.41, 5.74) is 0.935. The van der Waals surface area contributed by atoms with Gasteiger partial charge in [0.15, 0.2) is 0 Å². The van der Waals surface area contributed by atoms with Crippen molar-refractivity contribution >= 4 is 5.91 Å². The van der Waals surface area contributed by atoms with Crippen molar-refractivity contribution in [3.63, 3.8) is 0 Å². The maximum atomic E-state index is 11.6. The highest BCUT2D eigenvalue weighted by molar-refractivity contribution is 5.75. The highest BCUT2D eigenvalue weighted by Crippen LogP contribution is 2.03. The van der Waals surface area contributed by atoms with Gasteiger partial charge in [-0.05, 0) is 18.6 Å². The predicted octanol–water partition coefficient (Wildman–Crippen LogP) is 2.23. The van der Waals surface area contributed by atoms with Gasteiger partial charge in [-0.1, -0.05) is 19.4 Å². The van der Waals surface area contributed by atoms with Crippen LogP contribution in [0, 0.1) is 0 Å². The van der Waals surface area contributed by atoms with E-state index in [2.05, 4.69) is 11.9 Å². The molecular weight excluding hydrogens is 188 g/mol. The number of nitrogens with zero attached hydrogens (tertiary/aromatic N) is 2. The number of unbranched alkanes of at least 4 members (excludes halogenated alkanes) is 1. The molecule has 3 nitrogen and oxygen atoms in total. The summed E-state index contributed by atoms with van der Waals surface area (Å²) in [5, 5.41) is 0. The number of amides is 1. The molecule has 0 aliphatic heterocycles. The van der Waals surface area contributed by atoms with Crippen molar-refractivity contribution in [2.45, 2.75) is 32.7 Å². The molecule has 1 rings (SSSR count). The van der Waals surface area contributed by atoms with Crippen LogP contribution in [0.15, 0.2) is 24.4 Å². The summed E-state index contributed by atoms with van der Waals surface area (Å²) in [6, 6.07) is 5.75. The van der Waals surface area contributed by atoms with Gasteiger partial charge in [-0.3, -0.25) is 9.78 Å². The minimum Gasteiger partial charge on any atom is -0.340 e. The summed E-state index contributed by atoms with van der Waals surface area (Å²) >= 11 is 0. The Labute approximate surface area is 91.1 Å². The number of aromatic nitrogens is 1. The van der Waals surface area contributed by atoms with Crippen LogP contribution < -0.4 is 0 Å². The Morgan fingerprint density at radius 2 is 2.27 bits per heavy atom. The molecule has 0 fully saturated rings. The molecule has 3 heteroatoms. The number of hydrogen-bond acceptors (Lipinski definition) is 2. The fraction of sp³-hybridized carbons (Fsp3) is 0.500. The standard InChI is InChI=1S/C12H18N2O/c1-3-4-8-12(15)14(2)10-11-7-5-6-9-13-11/h5-7,9H,3-4,8,10H2,1-2H3. The van der Waals surface area contributed by atoms with Crippen LogP contribution in [-0.4, -0.2) is 22.8 Å². The number of pyridine rings is 1. The third-order valence-corrected chi connectivity index (χ3v) is 2.30. The molecule has 1 aromatic rings. The number of carbonyl (C=O) groups is 1. The van der Waals surface area contributed by atoms with Crippen LogP contribution >= 0.6 is 0 Å². The summed E-state index contributed by atoms with van der Waals surface area (Å²) in [6.45, 7) is 2.69. The lowest BCUT2D eigenvalue weighted by Gasteiger charge is -2.16. The average Bonchev–Trinajstić information content (AvgIpc) is 2.27. The number of carbonyl (C=O) groups excluding carboxylic acids is 1. The smallest absolute Gasteiger partial charge is 0.222 e. The maximum Gasteiger partial charge on any atom is 0.222 e. The maximum absolute atomic E-state index is 11.6. The van der Waals surface area contributed by atoms with E-state index in [4.69, 9.17) is 0 Å². The van der Waals surface area contributed by atoms with Crippen molar-refractivity contribution in [2.75, 3.05) is 7.05 Å². The van der Waals surface area contributed by atoms with E-state index in [9.17, 15) is 4.79 Å². The Morgan fingerprint density at radius 1 is 1.47 bits per heavy atom. The molecule has 0 radical (unpaired) electrons. The second-order valence-electron chi connectivity index (χ2n) is 3.67. The molecule has 1 aromatic heterocycles. The lowest BCUT2D eigenvalue weighted by atomic mass is 10.2. The van der Waals surface area contributed by atoms with Crippen molar-refractivity contribution in [3.05, 3.63) is 30.1 Å². The third-order valence-electron chi connectivity index (χ3n) is 2.30. The van der Waals surface area contributed by atoms with E-state index in [1.165, 1.54) is 0 Å². The lowest BCUT2D eigenvalue weighted by Crippen LogP contribution is -2.26. The molecule has 0 N–H and O–H groups in total. The Kier molecular flexibility index (Phi) is 4.81. The Balaban J connectivity index is 2.41.